The van der Waals surface area contributed by atoms with E-state index in [0.29, 0.717) is 5.92 Å². The van der Waals surface area contributed by atoms with Crippen LogP contribution in [0.2, 0.25) is 5.02 Å². The van der Waals surface area contributed by atoms with E-state index in [9.17, 15) is 0 Å². The molecular formula is C17H25BrClNO. The summed E-state index contributed by atoms with van der Waals surface area (Å²) in [6, 6.07) is 6.29. The third-order valence-electron chi connectivity index (χ3n) is 4.27. The molecule has 2 atom stereocenters. The number of ether oxygens (including phenoxy) is 1. The Morgan fingerprint density at radius 1 is 1.38 bits per heavy atom. The summed E-state index contributed by atoms with van der Waals surface area (Å²) in [5.41, 5.74) is 1.01. The van der Waals surface area contributed by atoms with Crippen molar-refractivity contribution < 1.29 is 4.74 Å². The maximum atomic E-state index is 6.28. The SMILES string of the molecule is CCNC(c1ccc(Cl)cc1Br)C1CC(C)(C)OC1(C)C. The van der Waals surface area contributed by atoms with E-state index in [4.69, 9.17) is 16.3 Å². The van der Waals surface area contributed by atoms with Crippen LogP contribution in [0.1, 0.15) is 52.6 Å². The van der Waals surface area contributed by atoms with E-state index >= 15 is 0 Å². The molecule has 2 nitrogen and oxygen atoms in total. The van der Waals surface area contributed by atoms with Gasteiger partial charge in [-0.15, -0.1) is 0 Å². The van der Waals surface area contributed by atoms with Crippen molar-refractivity contribution >= 4 is 27.5 Å². The third kappa shape index (κ3) is 3.82. The number of benzene rings is 1. The lowest BCUT2D eigenvalue weighted by Gasteiger charge is -2.34. The summed E-state index contributed by atoms with van der Waals surface area (Å²) in [5, 5.41) is 4.39. The van der Waals surface area contributed by atoms with Gasteiger partial charge in [0.25, 0.3) is 0 Å². The van der Waals surface area contributed by atoms with Gasteiger partial charge in [0.1, 0.15) is 0 Å². The van der Waals surface area contributed by atoms with E-state index in [1.807, 2.05) is 12.1 Å². The first-order chi connectivity index (χ1) is 9.66. The first-order valence-corrected chi connectivity index (χ1v) is 8.72. The van der Waals surface area contributed by atoms with Crippen molar-refractivity contribution in [3.8, 4) is 0 Å². The smallest absolute Gasteiger partial charge is 0.0681 e. The Balaban J connectivity index is 2.39. The highest BCUT2D eigenvalue weighted by molar-refractivity contribution is 9.10. The van der Waals surface area contributed by atoms with Crippen LogP contribution in [-0.4, -0.2) is 17.7 Å². The van der Waals surface area contributed by atoms with Crippen molar-refractivity contribution in [2.24, 2.45) is 5.92 Å². The second-order valence-electron chi connectivity index (χ2n) is 6.98. The molecule has 1 aliphatic rings. The molecular weight excluding hydrogens is 350 g/mol. The van der Waals surface area contributed by atoms with Gasteiger partial charge in [-0.3, -0.25) is 0 Å². The lowest BCUT2D eigenvalue weighted by atomic mass is 9.79. The minimum Gasteiger partial charge on any atom is -0.369 e. The van der Waals surface area contributed by atoms with Crippen molar-refractivity contribution in [3.05, 3.63) is 33.3 Å². The number of rotatable bonds is 4. The summed E-state index contributed by atoms with van der Waals surface area (Å²) < 4.78 is 7.34. The fourth-order valence-electron chi connectivity index (χ4n) is 3.57. The molecule has 0 amide bonds. The van der Waals surface area contributed by atoms with Crippen LogP contribution in [0.4, 0.5) is 0 Å². The molecule has 0 spiro atoms. The fraction of sp³-hybridized carbons (Fsp3) is 0.647. The first kappa shape index (κ1) is 17.3. The highest BCUT2D eigenvalue weighted by Gasteiger charge is 2.49. The van der Waals surface area contributed by atoms with Crippen LogP contribution < -0.4 is 5.32 Å². The van der Waals surface area contributed by atoms with Gasteiger partial charge in [0.05, 0.1) is 11.2 Å². The number of hydrogen-bond donors (Lipinski definition) is 1. The fourth-order valence-corrected chi connectivity index (χ4v) is 4.50. The maximum Gasteiger partial charge on any atom is 0.0681 e. The van der Waals surface area contributed by atoms with Crippen LogP contribution in [0.3, 0.4) is 0 Å². The number of hydrogen-bond acceptors (Lipinski definition) is 2. The van der Waals surface area contributed by atoms with Crippen LogP contribution in [0, 0.1) is 5.92 Å². The number of halogens is 2. The highest BCUT2D eigenvalue weighted by atomic mass is 79.9. The zero-order valence-corrected chi connectivity index (χ0v) is 15.8. The average Bonchev–Trinajstić information content (AvgIpc) is 2.55. The second kappa shape index (κ2) is 6.19. The van der Waals surface area contributed by atoms with E-state index in [1.54, 1.807) is 0 Å². The molecule has 2 unspecified atom stereocenters. The molecule has 0 aliphatic carbocycles. The zero-order chi connectivity index (χ0) is 15.8. The van der Waals surface area contributed by atoms with Crippen LogP contribution in [-0.2, 0) is 4.74 Å². The van der Waals surface area contributed by atoms with Crippen molar-refractivity contribution in [3.63, 3.8) is 0 Å². The second-order valence-corrected chi connectivity index (χ2v) is 8.27. The molecule has 1 fully saturated rings. The maximum absolute atomic E-state index is 6.28. The van der Waals surface area contributed by atoms with E-state index in [-0.39, 0.29) is 17.2 Å². The molecule has 118 valence electrons. The Kier molecular flexibility index (Phi) is 5.09. The van der Waals surface area contributed by atoms with Gasteiger partial charge < -0.3 is 10.1 Å². The molecule has 1 saturated heterocycles. The Morgan fingerprint density at radius 2 is 2.05 bits per heavy atom. The van der Waals surface area contributed by atoms with E-state index in [1.165, 1.54) is 5.56 Å². The summed E-state index contributed by atoms with van der Waals surface area (Å²) in [4.78, 5) is 0. The van der Waals surface area contributed by atoms with Gasteiger partial charge in [0.2, 0.25) is 0 Å². The van der Waals surface area contributed by atoms with Crippen LogP contribution >= 0.6 is 27.5 Å². The summed E-state index contributed by atoms with van der Waals surface area (Å²) in [7, 11) is 0. The van der Waals surface area contributed by atoms with Crippen molar-refractivity contribution in [2.45, 2.75) is 58.3 Å². The van der Waals surface area contributed by atoms with Crippen molar-refractivity contribution in [2.75, 3.05) is 6.54 Å². The van der Waals surface area contributed by atoms with Gasteiger partial charge in [0, 0.05) is 21.5 Å². The molecule has 21 heavy (non-hydrogen) atoms. The average molecular weight is 375 g/mol. The molecule has 1 aromatic carbocycles. The highest BCUT2D eigenvalue weighted by Crippen LogP contribution is 2.48. The molecule has 2 rings (SSSR count). The normalized spacial score (nSPS) is 25.0. The predicted octanol–water partition coefficient (Wildman–Crippen LogP) is 5.35. The van der Waals surface area contributed by atoms with Crippen molar-refractivity contribution in [1.29, 1.82) is 0 Å². The lowest BCUT2D eigenvalue weighted by molar-refractivity contribution is -0.0778. The van der Waals surface area contributed by atoms with Gasteiger partial charge >= 0.3 is 0 Å². The molecule has 0 radical (unpaired) electrons. The zero-order valence-electron chi connectivity index (χ0n) is 13.5. The summed E-state index contributed by atoms with van der Waals surface area (Å²) >= 11 is 9.75. The summed E-state index contributed by atoms with van der Waals surface area (Å²) in [6.45, 7) is 11.8. The Bertz CT molecular complexity index is 516. The predicted molar refractivity (Wildman–Crippen MR) is 92.9 cm³/mol. The molecule has 0 bridgehead atoms. The molecule has 1 aliphatic heterocycles. The van der Waals surface area contributed by atoms with E-state index in [0.717, 1.165) is 22.5 Å². The summed E-state index contributed by atoms with van der Waals surface area (Å²) in [5.74, 6) is 0.407. The number of nitrogens with one attached hydrogen (secondary N) is 1. The lowest BCUT2D eigenvalue weighted by Crippen LogP contribution is -2.38. The van der Waals surface area contributed by atoms with Gasteiger partial charge in [-0.1, -0.05) is 40.5 Å². The Hall–Kier alpha value is -0.0900. The van der Waals surface area contributed by atoms with Gasteiger partial charge in [-0.25, -0.2) is 0 Å². The molecule has 0 aromatic heterocycles. The standard InChI is InChI=1S/C17H25BrClNO/c1-6-20-15(12-8-7-11(19)9-14(12)18)13-10-16(2,3)21-17(13,4)5/h7-9,13,15,20H,6,10H2,1-5H3. The topological polar surface area (TPSA) is 21.3 Å². The first-order valence-electron chi connectivity index (χ1n) is 7.55. The van der Waals surface area contributed by atoms with Gasteiger partial charge in [-0.05, 0) is 58.4 Å². The van der Waals surface area contributed by atoms with Crippen molar-refractivity contribution in [1.82, 2.24) is 5.32 Å². The minimum absolute atomic E-state index is 0.0826. The van der Waals surface area contributed by atoms with Crippen LogP contribution in [0.15, 0.2) is 22.7 Å². The molecule has 1 heterocycles. The molecule has 1 aromatic rings. The quantitative estimate of drug-likeness (QED) is 0.767. The largest absolute Gasteiger partial charge is 0.369 e. The monoisotopic (exact) mass is 373 g/mol. The van der Waals surface area contributed by atoms with Gasteiger partial charge in [-0.2, -0.15) is 0 Å². The van der Waals surface area contributed by atoms with E-state index < -0.39 is 0 Å². The van der Waals surface area contributed by atoms with Crippen LogP contribution in [0.5, 0.6) is 0 Å². The summed E-state index contributed by atoms with van der Waals surface area (Å²) in [6.07, 6.45) is 1.03. The van der Waals surface area contributed by atoms with Crippen LogP contribution in [0.25, 0.3) is 0 Å². The molecule has 4 heteroatoms. The van der Waals surface area contributed by atoms with E-state index in [2.05, 4.69) is 61.9 Å². The Morgan fingerprint density at radius 3 is 2.52 bits per heavy atom. The Labute approximate surface area is 141 Å². The van der Waals surface area contributed by atoms with Gasteiger partial charge in [0.15, 0.2) is 0 Å². The molecule has 1 N–H and O–H groups in total. The molecule has 0 saturated carbocycles. The minimum atomic E-state index is -0.157. The third-order valence-corrected chi connectivity index (χ3v) is 5.19.